The van der Waals surface area contributed by atoms with Crippen molar-refractivity contribution in [1.29, 1.82) is 0 Å². The minimum Gasteiger partial charge on any atom is -0.497 e. The first-order chi connectivity index (χ1) is 14.9. The van der Waals surface area contributed by atoms with Crippen molar-refractivity contribution >= 4 is 13.0 Å². The zero-order valence-corrected chi connectivity index (χ0v) is 17.0. The van der Waals surface area contributed by atoms with Gasteiger partial charge in [-0.15, -0.1) is 0 Å². The van der Waals surface area contributed by atoms with Crippen LogP contribution in [0.15, 0.2) is 53.1 Å². The van der Waals surface area contributed by atoms with Crippen LogP contribution < -0.4 is 10.1 Å². The number of methoxy groups -OCH3 is 1. The largest absolute Gasteiger partial charge is 0.497 e. The van der Waals surface area contributed by atoms with Gasteiger partial charge in [-0.3, -0.25) is 4.79 Å². The summed E-state index contributed by atoms with van der Waals surface area (Å²) in [6.45, 7) is 0. The molecule has 3 N–H and O–H groups in total. The Hall–Kier alpha value is -3.24. The van der Waals surface area contributed by atoms with Crippen LogP contribution in [0.5, 0.6) is 5.75 Å². The van der Waals surface area contributed by atoms with E-state index in [1.54, 1.807) is 6.07 Å². The third-order valence-electron chi connectivity index (χ3n) is 4.68. The van der Waals surface area contributed by atoms with Crippen molar-refractivity contribution in [2.24, 2.45) is 0 Å². The van der Waals surface area contributed by atoms with E-state index >= 15 is 0 Å². The SMILES string of the molecule is COc1cc(F)cc(CC[C@H](NC(=O)CCc2noc(-c3ccccc3)n2)B(O)O)c1. The van der Waals surface area contributed by atoms with Crippen LogP contribution in [0.4, 0.5) is 4.39 Å². The van der Waals surface area contributed by atoms with Gasteiger partial charge in [-0.05, 0) is 42.7 Å². The molecule has 3 aromatic rings. The highest BCUT2D eigenvalue weighted by Crippen LogP contribution is 2.18. The lowest BCUT2D eigenvalue weighted by Gasteiger charge is -2.18. The number of rotatable bonds is 10. The lowest BCUT2D eigenvalue weighted by Crippen LogP contribution is -2.46. The fourth-order valence-electron chi connectivity index (χ4n) is 3.06. The monoisotopic (exact) mass is 427 g/mol. The van der Waals surface area contributed by atoms with Crippen molar-refractivity contribution in [2.45, 2.75) is 31.6 Å². The highest BCUT2D eigenvalue weighted by atomic mass is 19.1. The molecule has 1 atom stereocenters. The summed E-state index contributed by atoms with van der Waals surface area (Å²) in [5, 5.41) is 25.7. The van der Waals surface area contributed by atoms with Crippen LogP contribution in [0.1, 0.15) is 24.2 Å². The lowest BCUT2D eigenvalue weighted by molar-refractivity contribution is -0.121. The van der Waals surface area contributed by atoms with E-state index in [1.165, 1.54) is 19.2 Å². The normalized spacial score (nSPS) is 11.7. The average molecular weight is 427 g/mol. The summed E-state index contributed by atoms with van der Waals surface area (Å²) in [6, 6.07) is 13.5. The molecular weight excluding hydrogens is 404 g/mol. The molecule has 10 heteroatoms. The number of nitrogens with zero attached hydrogens (tertiary/aromatic N) is 2. The molecule has 31 heavy (non-hydrogen) atoms. The van der Waals surface area contributed by atoms with Gasteiger partial charge in [0.1, 0.15) is 11.6 Å². The molecule has 8 nitrogen and oxygen atoms in total. The molecule has 2 aromatic carbocycles. The molecular formula is C21H23BFN3O5. The molecule has 0 spiro atoms. The number of halogens is 1. The summed E-state index contributed by atoms with van der Waals surface area (Å²) in [5.41, 5.74) is 1.40. The molecule has 3 rings (SSSR count). The summed E-state index contributed by atoms with van der Waals surface area (Å²) in [5.74, 6) is -0.635. The molecule has 1 heterocycles. The molecule has 0 aliphatic rings. The fraction of sp³-hybridized carbons (Fsp3) is 0.286. The number of hydrogen-bond donors (Lipinski definition) is 3. The summed E-state index contributed by atoms with van der Waals surface area (Å²) < 4.78 is 23.8. The molecule has 0 fully saturated rings. The Bertz CT molecular complexity index is 1000. The second-order valence-corrected chi connectivity index (χ2v) is 7.01. The van der Waals surface area contributed by atoms with E-state index < -0.39 is 18.9 Å². The molecule has 0 aliphatic heterocycles. The van der Waals surface area contributed by atoms with Crippen molar-refractivity contribution in [2.75, 3.05) is 7.11 Å². The highest BCUT2D eigenvalue weighted by Gasteiger charge is 2.25. The van der Waals surface area contributed by atoms with Gasteiger partial charge in [-0.2, -0.15) is 4.98 Å². The Balaban J connectivity index is 1.51. The molecule has 1 aromatic heterocycles. The van der Waals surface area contributed by atoms with Gasteiger partial charge in [-0.1, -0.05) is 23.4 Å². The number of hydrogen-bond acceptors (Lipinski definition) is 7. The highest BCUT2D eigenvalue weighted by molar-refractivity contribution is 6.43. The van der Waals surface area contributed by atoms with E-state index in [4.69, 9.17) is 9.26 Å². The number of aryl methyl sites for hydroxylation is 2. The zero-order chi connectivity index (χ0) is 22.2. The molecule has 0 aliphatic carbocycles. The van der Waals surface area contributed by atoms with Crippen molar-refractivity contribution in [3.8, 4) is 17.2 Å². The molecule has 0 bridgehead atoms. The van der Waals surface area contributed by atoms with Crippen LogP contribution in [-0.4, -0.2) is 46.3 Å². The first-order valence-corrected chi connectivity index (χ1v) is 9.81. The Morgan fingerprint density at radius 3 is 2.71 bits per heavy atom. The third kappa shape index (κ3) is 6.63. The average Bonchev–Trinajstić information content (AvgIpc) is 3.24. The van der Waals surface area contributed by atoms with Gasteiger partial charge in [0.15, 0.2) is 5.82 Å². The molecule has 1 amide bonds. The van der Waals surface area contributed by atoms with Gasteiger partial charge in [0.05, 0.1) is 13.1 Å². The number of nitrogens with one attached hydrogen (secondary N) is 1. The lowest BCUT2D eigenvalue weighted by atomic mass is 9.76. The predicted molar refractivity (Wildman–Crippen MR) is 111 cm³/mol. The smallest absolute Gasteiger partial charge is 0.475 e. The second kappa shape index (κ2) is 10.7. The first-order valence-electron chi connectivity index (χ1n) is 9.81. The maximum Gasteiger partial charge on any atom is 0.475 e. The van der Waals surface area contributed by atoms with Crippen molar-refractivity contribution < 1.29 is 28.5 Å². The van der Waals surface area contributed by atoms with Crippen molar-refractivity contribution in [1.82, 2.24) is 15.5 Å². The maximum atomic E-state index is 13.6. The summed E-state index contributed by atoms with van der Waals surface area (Å²) in [7, 11) is -0.319. The number of carbonyl (C=O) groups excluding carboxylic acids is 1. The van der Waals surface area contributed by atoms with Gasteiger partial charge in [0, 0.05) is 24.5 Å². The number of aromatic nitrogens is 2. The van der Waals surface area contributed by atoms with Gasteiger partial charge in [0.25, 0.3) is 5.89 Å². The second-order valence-electron chi connectivity index (χ2n) is 7.01. The van der Waals surface area contributed by atoms with E-state index in [1.807, 2.05) is 30.3 Å². The molecule has 0 saturated heterocycles. The van der Waals surface area contributed by atoms with E-state index in [9.17, 15) is 19.2 Å². The number of carbonyl (C=O) groups is 1. The molecule has 0 saturated carbocycles. The van der Waals surface area contributed by atoms with Crippen LogP contribution in [-0.2, 0) is 17.6 Å². The van der Waals surface area contributed by atoms with Gasteiger partial charge < -0.3 is 24.6 Å². The van der Waals surface area contributed by atoms with Crippen molar-refractivity contribution in [3.05, 3.63) is 65.7 Å². The molecule has 0 unspecified atom stereocenters. The standard InChI is InChI=1S/C21H23BFN3O5/c1-30-17-12-14(11-16(23)13-17)7-8-18(22(28)29)24-20(27)10-9-19-25-21(31-26-19)15-5-3-2-4-6-15/h2-6,11-13,18,28-29H,7-10H2,1H3,(H,24,27)/t18-/m0/s1. The number of amides is 1. The van der Waals surface area contributed by atoms with Gasteiger partial charge >= 0.3 is 7.12 Å². The minimum atomic E-state index is -1.76. The first kappa shape index (κ1) is 22.5. The maximum absolute atomic E-state index is 13.6. The van der Waals surface area contributed by atoms with Gasteiger partial charge in [-0.25, -0.2) is 4.39 Å². The Morgan fingerprint density at radius 2 is 2.00 bits per heavy atom. The van der Waals surface area contributed by atoms with Crippen LogP contribution in [0.25, 0.3) is 11.5 Å². The van der Waals surface area contributed by atoms with Crippen LogP contribution >= 0.6 is 0 Å². The van der Waals surface area contributed by atoms with Gasteiger partial charge in [0.2, 0.25) is 5.91 Å². The summed E-state index contributed by atoms with van der Waals surface area (Å²) >= 11 is 0. The van der Waals surface area contributed by atoms with E-state index in [0.29, 0.717) is 29.4 Å². The van der Waals surface area contributed by atoms with E-state index in [0.717, 1.165) is 5.56 Å². The molecule has 0 radical (unpaired) electrons. The van der Waals surface area contributed by atoms with Crippen LogP contribution in [0.3, 0.4) is 0 Å². The molecule has 162 valence electrons. The number of ether oxygens (including phenoxy) is 1. The fourth-order valence-corrected chi connectivity index (χ4v) is 3.06. The van der Waals surface area contributed by atoms with Crippen LogP contribution in [0, 0.1) is 5.82 Å². The summed E-state index contributed by atoms with van der Waals surface area (Å²) in [6.07, 6.45) is 0.806. The van der Waals surface area contributed by atoms with Crippen molar-refractivity contribution in [3.63, 3.8) is 0 Å². The van der Waals surface area contributed by atoms with Crippen LogP contribution in [0.2, 0.25) is 0 Å². The summed E-state index contributed by atoms with van der Waals surface area (Å²) in [4.78, 5) is 16.5. The predicted octanol–water partition coefficient (Wildman–Crippen LogP) is 1.95. The zero-order valence-electron chi connectivity index (χ0n) is 17.0. The Labute approximate surface area is 179 Å². The number of benzene rings is 2. The topological polar surface area (TPSA) is 118 Å². The Morgan fingerprint density at radius 1 is 1.23 bits per heavy atom. The Kier molecular flexibility index (Phi) is 7.74. The minimum absolute atomic E-state index is 0.0464. The van der Waals surface area contributed by atoms with E-state index in [2.05, 4.69) is 15.5 Å². The third-order valence-corrected chi connectivity index (χ3v) is 4.68. The van der Waals surface area contributed by atoms with E-state index in [-0.39, 0.29) is 25.2 Å². The quantitative estimate of drug-likeness (QED) is 0.424.